The second-order valence-electron chi connectivity index (χ2n) is 6.14. The lowest BCUT2D eigenvalue weighted by Gasteiger charge is -2.08. The number of benzene rings is 1. The lowest BCUT2D eigenvalue weighted by molar-refractivity contribution is -0.123. The number of carboxylic acid groups (broad SMARTS) is 1. The van der Waals surface area contributed by atoms with Crippen molar-refractivity contribution in [1.29, 1.82) is 0 Å². The maximum absolute atomic E-state index is 13.1. The Morgan fingerprint density at radius 3 is 2.66 bits per heavy atom. The molecule has 1 aromatic heterocycles. The molecule has 1 amide bonds. The van der Waals surface area contributed by atoms with E-state index in [0.29, 0.717) is 30.2 Å². The van der Waals surface area contributed by atoms with Crippen molar-refractivity contribution in [3.63, 3.8) is 0 Å². The number of hydrogen-bond donors (Lipinski definition) is 4. The van der Waals surface area contributed by atoms with Crippen LogP contribution in [0.2, 0.25) is 5.02 Å². The van der Waals surface area contributed by atoms with Gasteiger partial charge in [-0.15, -0.1) is 0 Å². The summed E-state index contributed by atoms with van der Waals surface area (Å²) in [5.41, 5.74) is 3.33. The quantitative estimate of drug-likeness (QED) is 0.354. The molecule has 0 radical (unpaired) electrons. The van der Waals surface area contributed by atoms with Crippen molar-refractivity contribution in [2.75, 3.05) is 19.7 Å². The third-order valence-corrected chi connectivity index (χ3v) is 4.50. The first-order valence-corrected chi connectivity index (χ1v) is 9.34. The molecule has 1 aromatic carbocycles. The second-order valence-corrected chi connectivity index (χ2v) is 6.55. The van der Waals surface area contributed by atoms with Crippen LogP contribution in [0.25, 0.3) is 0 Å². The van der Waals surface area contributed by atoms with Gasteiger partial charge in [0.05, 0.1) is 25.3 Å². The number of aryl methyl sites for hydroxylation is 1. The fraction of sp³-hybridized carbons (Fsp3) is 0.421. The molecular formula is C19H26ClFN4O4. The smallest absolute Gasteiger partial charge is 0.290 e. The first-order valence-electron chi connectivity index (χ1n) is 8.97. The molecule has 2 rings (SSSR count). The van der Waals surface area contributed by atoms with Gasteiger partial charge in [-0.2, -0.15) is 5.10 Å². The van der Waals surface area contributed by atoms with Crippen LogP contribution in [0.4, 0.5) is 4.39 Å². The molecule has 1 heterocycles. The highest BCUT2D eigenvalue weighted by atomic mass is 35.5. The van der Waals surface area contributed by atoms with Crippen molar-refractivity contribution < 1.29 is 24.2 Å². The van der Waals surface area contributed by atoms with E-state index in [4.69, 9.17) is 26.6 Å². The zero-order valence-corrected chi connectivity index (χ0v) is 17.2. The largest absolute Gasteiger partial charge is 0.483 e. The van der Waals surface area contributed by atoms with Gasteiger partial charge in [-0.25, -0.2) is 4.39 Å². The van der Waals surface area contributed by atoms with Crippen LogP contribution >= 0.6 is 11.6 Å². The molecule has 0 aliphatic rings. The maximum Gasteiger partial charge on any atom is 0.290 e. The summed E-state index contributed by atoms with van der Waals surface area (Å²) in [6, 6.07) is 4.11. The van der Waals surface area contributed by atoms with E-state index in [1.165, 1.54) is 12.1 Å². The molecule has 0 aliphatic heterocycles. The van der Waals surface area contributed by atoms with E-state index in [2.05, 4.69) is 15.7 Å². The predicted molar refractivity (Wildman–Crippen MR) is 107 cm³/mol. The summed E-state index contributed by atoms with van der Waals surface area (Å²) >= 11 is 5.97. The molecule has 8 nitrogen and oxygen atoms in total. The molecular weight excluding hydrogens is 403 g/mol. The van der Waals surface area contributed by atoms with Gasteiger partial charge in [0.15, 0.2) is 0 Å². The minimum atomic E-state index is -0.405. The van der Waals surface area contributed by atoms with Crippen LogP contribution in [0.1, 0.15) is 22.5 Å². The molecule has 4 N–H and O–H groups in total. The number of hydrogen-bond acceptors (Lipinski definition) is 5. The highest BCUT2D eigenvalue weighted by molar-refractivity contribution is 6.31. The van der Waals surface area contributed by atoms with Gasteiger partial charge in [-0.1, -0.05) is 17.7 Å². The monoisotopic (exact) mass is 428 g/mol. The van der Waals surface area contributed by atoms with E-state index < -0.39 is 5.82 Å². The molecule has 0 fully saturated rings. The summed E-state index contributed by atoms with van der Waals surface area (Å²) < 4.78 is 14.9. The summed E-state index contributed by atoms with van der Waals surface area (Å²) in [6.45, 7) is 5.81. The molecule has 0 aliphatic carbocycles. The number of aliphatic hydroxyl groups is 1. The summed E-state index contributed by atoms with van der Waals surface area (Å²) in [6.07, 6.45) is 0.223. The average molecular weight is 429 g/mol. The third-order valence-electron chi connectivity index (χ3n) is 4.15. The third kappa shape index (κ3) is 8.18. The van der Waals surface area contributed by atoms with Crippen LogP contribution in [0.15, 0.2) is 18.2 Å². The normalized spacial score (nSPS) is 10.2. The number of carbonyl (C=O) groups is 2. The first-order chi connectivity index (χ1) is 13.8. The fourth-order valence-electron chi connectivity index (χ4n) is 2.68. The Balaban J connectivity index is 0.00000132. The Labute approximate surface area is 173 Å². The summed E-state index contributed by atoms with van der Waals surface area (Å²) in [5.74, 6) is -0.549. The Bertz CT molecular complexity index is 814. The van der Waals surface area contributed by atoms with Crippen molar-refractivity contribution in [1.82, 2.24) is 20.4 Å². The summed E-state index contributed by atoms with van der Waals surface area (Å²) in [4.78, 5) is 20.6. The van der Waals surface area contributed by atoms with E-state index in [-0.39, 0.29) is 32.0 Å². The number of rotatable bonds is 9. The van der Waals surface area contributed by atoms with Gasteiger partial charge in [0.25, 0.3) is 6.47 Å². The van der Waals surface area contributed by atoms with Crippen molar-refractivity contribution in [2.24, 2.45) is 0 Å². The number of carbonyl (C=O) groups excluding carboxylic acids is 1. The SMILES string of the molecule is Cc1nn(CCNCCO)c(C)c1CC(=O)NCc1ccc(F)cc1Cl.O=CO. The van der Waals surface area contributed by atoms with Gasteiger partial charge in [-0.3, -0.25) is 14.3 Å². The lowest BCUT2D eigenvalue weighted by Crippen LogP contribution is -2.25. The predicted octanol–water partition coefficient (Wildman–Crippen LogP) is 1.43. The van der Waals surface area contributed by atoms with Crippen LogP contribution in [0.3, 0.4) is 0 Å². The zero-order valence-electron chi connectivity index (χ0n) is 16.4. The van der Waals surface area contributed by atoms with E-state index in [1.807, 2.05) is 18.5 Å². The topological polar surface area (TPSA) is 116 Å². The second kappa shape index (κ2) is 12.9. The maximum atomic E-state index is 13.1. The van der Waals surface area contributed by atoms with Crippen LogP contribution in [-0.2, 0) is 29.1 Å². The Morgan fingerprint density at radius 1 is 1.34 bits per heavy atom. The average Bonchev–Trinajstić information content (AvgIpc) is 2.93. The molecule has 0 spiro atoms. The number of aliphatic hydroxyl groups excluding tert-OH is 1. The number of nitrogens with one attached hydrogen (secondary N) is 2. The van der Waals surface area contributed by atoms with Gasteiger partial charge in [0, 0.05) is 35.9 Å². The Hall–Kier alpha value is -2.49. The minimum Gasteiger partial charge on any atom is -0.483 e. The van der Waals surface area contributed by atoms with Crippen LogP contribution in [0.5, 0.6) is 0 Å². The van der Waals surface area contributed by atoms with E-state index >= 15 is 0 Å². The van der Waals surface area contributed by atoms with E-state index in [9.17, 15) is 9.18 Å². The van der Waals surface area contributed by atoms with Crippen molar-refractivity contribution in [3.8, 4) is 0 Å². The van der Waals surface area contributed by atoms with Gasteiger partial charge in [0.2, 0.25) is 5.91 Å². The molecule has 0 bridgehead atoms. The Kier molecular flexibility index (Phi) is 10.9. The molecule has 0 saturated heterocycles. The molecule has 2 aromatic rings. The van der Waals surface area contributed by atoms with E-state index in [1.54, 1.807) is 6.07 Å². The van der Waals surface area contributed by atoms with Gasteiger partial charge < -0.3 is 20.8 Å². The fourth-order valence-corrected chi connectivity index (χ4v) is 2.91. The van der Waals surface area contributed by atoms with Crippen molar-refractivity contribution in [3.05, 3.63) is 51.6 Å². The molecule has 10 heteroatoms. The minimum absolute atomic E-state index is 0.0978. The number of halogens is 2. The van der Waals surface area contributed by atoms with Crippen LogP contribution in [0, 0.1) is 19.7 Å². The number of amides is 1. The molecule has 0 unspecified atom stereocenters. The first kappa shape index (κ1) is 24.5. The lowest BCUT2D eigenvalue weighted by atomic mass is 10.1. The molecule has 160 valence electrons. The Morgan fingerprint density at radius 2 is 2.03 bits per heavy atom. The highest BCUT2D eigenvalue weighted by Crippen LogP contribution is 2.17. The molecule has 29 heavy (non-hydrogen) atoms. The van der Waals surface area contributed by atoms with Crippen molar-refractivity contribution >= 4 is 24.0 Å². The van der Waals surface area contributed by atoms with Crippen LogP contribution in [-0.4, -0.2) is 52.1 Å². The van der Waals surface area contributed by atoms with Gasteiger partial charge >= 0.3 is 0 Å². The summed E-state index contributed by atoms with van der Waals surface area (Å²) in [7, 11) is 0. The zero-order chi connectivity index (χ0) is 21.8. The molecule has 0 saturated carbocycles. The molecule has 0 atom stereocenters. The van der Waals surface area contributed by atoms with Crippen molar-refractivity contribution in [2.45, 2.75) is 33.4 Å². The standard InChI is InChI=1S/C18H24ClFN4O2.CH2O2/c1-12-16(13(2)24(23-12)7-5-21-6-8-25)10-18(26)22-11-14-3-4-15(20)9-17(14)19;2-1-3/h3-4,9,21,25H,5-8,10-11H2,1-2H3,(H,22,26);1H,(H,2,3). The number of nitrogens with zero attached hydrogens (tertiary/aromatic N) is 2. The number of aromatic nitrogens is 2. The summed E-state index contributed by atoms with van der Waals surface area (Å²) in [5, 5.41) is 26.3. The van der Waals surface area contributed by atoms with Gasteiger partial charge in [0.1, 0.15) is 5.82 Å². The van der Waals surface area contributed by atoms with E-state index in [0.717, 1.165) is 17.0 Å². The highest BCUT2D eigenvalue weighted by Gasteiger charge is 2.15. The van der Waals surface area contributed by atoms with Gasteiger partial charge in [-0.05, 0) is 31.5 Å². The van der Waals surface area contributed by atoms with Crippen LogP contribution < -0.4 is 10.6 Å².